The number of nitrogens with zero attached hydrogens (tertiary/aromatic N) is 6. The largest absolute Gasteiger partial charge is 0.325 e. The second kappa shape index (κ2) is 11.5. The summed E-state index contributed by atoms with van der Waals surface area (Å²) in [6.07, 6.45) is 0. The summed E-state index contributed by atoms with van der Waals surface area (Å²) in [6, 6.07) is 20.1. The lowest BCUT2D eigenvalue weighted by molar-refractivity contribution is -0.113. The van der Waals surface area contributed by atoms with Gasteiger partial charge in [-0.25, -0.2) is 4.68 Å². The number of carbonyl (C=O) groups is 1. The predicted octanol–water partition coefficient (Wildman–Crippen LogP) is 7.28. The van der Waals surface area contributed by atoms with Crippen molar-refractivity contribution in [2.75, 3.05) is 11.1 Å². The van der Waals surface area contributed by atoms with Gasteiger partial charge < -0.3 is 5.32 Å². The third-order valence-electron chi connectivity index (χ3n) is 5.43. The van der Waals surface area contributed by atoms with Crippen LogP contribution in [0.2, 0.25) is 15.1 Å². The van der Waals surface area contributed by atoms with Crippen LogP contribution in [0, 0.1) is 6.92 Å². The van der Waals surface area contributed by atoms with Crippen molar-refractivity contribution in [2.24, 2.45) is 0 Å². The van der Waals surface area contributed by atoms with E-state index < -0.39 is 0 Å². The standard InChI is InChI=1S/C25H17BrCl3N7OS/c1-14-23(31-34-36(14)21-12-19(28)18(27)11-20(21)29)24-32-33-25(35(24)17-5-3-2-4-6-17)38-13-22(37)30-16-9-7-15(26)8-10-16/h2-12H,13H2,1H3,(H,30,37). The lowest BCUT2D eigenvalue weighted by Crippen LogP contribution is -2.14. The molecule has 5 rings (SSSR count). The summed E-state index contributed by atoms with van der Waals surface area (Å²) in [5.41, 5.74) is 3.21. The number of nitrogens with one attached hydrogen (secondary N) is 1. The average molecular weight is 650 g/mol. The Hall–Kier alpha value is -2.89. The van der Waals surface area contributed by atoms with Crippen LogP contribution >= 0.6 is 62.5 Å². The Morgan fingerprint density at radius 1 is 0.947 bits per heavy atom. The Kier molecular flexibility index (Phi) is 8.06. The van der Waals surface area contributed by atoms with Crippen molar-refractivity contribution in [2.45, 2.75) is 12.1 Å². The van der Waals surface area contributed by atoms with Crippen LogP contribution in [-0.2, 0) is 4.79 Å². The summed E-state index contributed by atoms with van der Waals surface area (Å²) >= 11 is 23.4. The predicted molar refractivity (Wildman–Crippen MR) is 155 cm³/mol. The number of carbonyl (C=O) groups excluding carboxylic acids is 1. The maximum atomic E-state index is 12.6. The Balaban J connectivity index is 1.47. The molecule has 8 nitrogen and oxygen atoms in total. The van der Waals surface area contributed by atoms with Gasteiger partial charge in [-0.2, -0.15) is 0 Å². The van der Waals surface area contributed by atoms with Crippen LogP contribution in [-0.4, -0.2) is 41.4 Å². The van der Waals surface area contributed by atoms with Gasteiger partial charge in [0.15, 0.2) is 16.7 Å². The number of thioether (sulfide) groups is 1. The summed E-state index contributed by atoms with van der Waals surface area (Å²) < 4.78 is 4.35. The number of amides is 1. The summed E-state index contributed by atoms with van der Waals surface area (Å²) in [5.74, 6) is 0.427. The molecule has 0 aliphatic carbocycles. The highest BCUT2D eigenvalue weighted by atomic mass is 79.9. The fourth-order valence-electron chi connectivity index (χ4n) is 3.63. The smallest absolute Gasteiger partial charge is 0.234 e. The molecule has 0 bridgehead atoms. The number of hydrogen-bond donors (Lipinski definition) is 1. The number of benzene rings is 3. The summed E-state index contributed by atoms with van der Waals surface area (Å²) in [5, 5.41) is 21.9. The molecule has 0 saturated carbocycles. The van der Waals surface area contributed by atoms with E-state index in [-0.39, 0.29) is 11.7 Å². The monoisotopic (exact) mass is 647 g/mol. The van der Waals surface area contributed by atoms with E-state index in [0.29, 0.717) is 48.8 Å². The van der Waals surface area contributed by atoms with Crippen molar-refractivity contribution in [3.05, 3.63) is 92.0 Å². The zero-order valence-corrected chi connectivity index (χ0v) is 24.2. The van der Waals surface area contributed by atoms with Gasteiger partial charge in [0, 0.05) is 15.8 Å². The van der Waals surface area contributed by atoms with E-state index >= 15 is 0 Å². The van der Waals surface area contributed by atoms with E-state index in [1.165, 1.54) is 11.8 Å². The number of aromatic nitrogens is 6. The molecule has 2 heterocycles. The minimum Gasteiger partial charge on any atom is -0.325 e. The Bertz CT molecular complexity index is 1620. The first-order valence-corrected chi connectivity index (χ1v) is 14.0. The molecule has 0 atom stereocenters. The van der Waals surface area contributed by atoms with Crippen LogP contribution in [0.1, 0.15) is 5.69 Å². The van der Waals surface area contributed by atoms with Crippen LogP contribution in [0.3, 0.4) is 0 Å². The van der Waals surface area contributed by atoms with Gasteiger partial charge in [-0.1, -0.05) is 85.9 Å². The fourth-order valence-corrected chi connectivity index (χ4v) is 5.26. The van der Waals surface area contributed by atoms with Crippen molar-refractivity contribution in [1.29, 1.82) is 0 Å². The van der Waals surface area contributed by atoms with Gasteiger partial charge in [-0.15, -0.1) is 15.3 Å². The molecule has 0 unspecified atom stereocenters. The van der Waals surface area contributed by atoms with Gasteiger partial charge in [0.2, 0.25) is 5.91 Å². The highest BCUT2D eigenvalue weighted by Crippen LogP contribution is 2.34. The Morgan fingerprint density at radius 2 is 1.66 bits per heavy atom. The second-order valence-corrected chi connectivity index (χ2v) is 11.1. The van der Waals surface area contributed by atoms with E-state index in [4.69, 9.17) is 34.8 Å². The normalized spacial score (nSPS) is 11.1. The zero-order chi connectivity index (χ0) is 26.8. The number of anilines is 1. The second-order valence-electron chi connectivity index (χ2n) is 7.97. The molecule has 38 heavy (non-hydrogen) atoms. The number of halogens is 4. The number of rotatable bonds is 7. The summed E-state index contributed by atoms with van der Waals surface area (Å²) in [6.45, 7) is 1.84. The molecule has 0 spiro atoms. The highest BCUT2D eigenvalue weighted by molar-refractivity contribution is 9.10. The molecule has 0 fully saturated rings. The molecule has 1 amide bonds. The zero-order valence-electron chi connectivity index (χ0n) is 19.6. The van der Waals surface area contributed by atoms with Crippen molar-refractivity contribution >= 4 is 74.1 Å². The number of hydrogen-bond acceptors (Lipinski definition) is 6. The van der Waals surface area contributed by atoms with Gasteiger partial charge in [0.1, 0.15) is 0 Å². The fraction of sp³-hybridized carbons (Fsp3) is 0.0800. The van der Waals surface area contributed by atoms with Crippen molar-refractivity contribution in [1.82, 2.24) is 29.8 Å². The molecule has 0 aliphatic rings. The van der Waals surface area contributed by atoms with E-state index in [9.17, 15) is 4.79 Å². The average Bonchev–Trinajstić information content (AvgIpc) is 3.50. The van der Waals surface area contributed by atoms with Gasteiger partial charge in [0.05, 0.1) is 32.2 Å². The Morgan fingerprint density at radius 3 is 2.39 bits per heavy atom. The van der Waals surface area contributed by atoms with Crippen LogP contribution in [0.4, 0.5) is 5.69 Å². The van der Waals surface area contributed by atoms with Gasteiger partial charge in [-0.3, -0.25) is 9.36 Å². The maximum Gasteiger partial charge on any atom is 0.234 e. The molecule has 0 aliphatic heterocycles. The van der Waals surface area contributed by atoms with Gasteiger partial charge >= 0.3 is 0 Å². The van der Waals surface area contributed by atoms with Crippen LogP contribution < -0.4 is 5.32 Å². The quantitative estimate of drug-likeness (QED) is 0.147. The first-order valence-electron chi connectivity index (χ1n) is 11.1. The van der Waals surface area contributed by atoms with Crippen LogP contribution in [0.25, 0.3) is 22.9 Å². The van der Waals surface area contributed by atoms with E-state index in [1.807, 2.05) is 66.1 Å². The molecular formula is C25H17BrCl3N7OS. The van der Waals surface area contributed by atoms with Crippen molar-refractivity contribution < 1.29 is 4.79 Å². The molecule has 192 valence electrons. The molecular weight excluding hydrogens is 633 g/mol. The molecule has 5 aromatic rings. The van der Waals surface area contributed by atoms with Crippen molar-refractivity contribution in [3.63, 3.8) is 0 Å². The van der Waals surface area contributed by atoms with E-state index in [2.05, 4.69) is 41.8 Å². The Labute approximate surface area is 245 Å². The van der Waals surface area contributed by atoms with Gasteiger partial charge in [-0.05, 0) is 55.5 Å². The maximum absolute atomic E-state index is 12.6. The molecule has 0 radical (unpaired) electrons. The minimum absolute atomic E-state index is 0.131. The van der Waals surface area contributed by atoms with E-state index in [1.54, 1.807) is 16.8 Å². The third kappa shape index (κ3) is 5.60. The summed E-state index contributed by atoms with van der Waals surface area (Å²) in [7, 11) is 0. The molecule has 2 aromatic heterocycles. The molecule has 3 aromatic carbocycles. The highest BCUT2D eigenvalue weighted by Gasteiger charge is 2.23. The first-order chi connectivity index (χ1) is 18.3. The van der Waals surface area contributed by atoms with Crippen LogP contribution in [0.15, 0.2) is 76.4 Å². The van der Waals surface area contributed by atoms with E-state index in [0.717, 1.165) is 10.2 Å². The molecule has 0 saturated heterocycles. The minimum atomic E-state index is -0.169. The SMILES string of the molecule is Cc1c(-c2nnc(SCC(=O)Nc3ccc(Br)cc3)n2-c2ccccc2)nnn1-c1cc(Cl)c(Cl)cc1Cl. The first kappa shape index (κ1) is 26.7. The van der Waals surface area contributed by atoms with Crippen LogP contribution in [0.5, 0.6) is 0 Å². The molecule has 13 heteroatoms. The summed E-state index contributed by atoms with van der Waals surface area (Å²) in [4.78, 5) is 12.6. The third-order valence-corrected chi connectivity index (χ3v) is 7.91. The number of para-hydroxylation sites is 1. The van der Waals surface area contributed by atoms with Crippen molar-refractivity contribution in [3.8, 4) is 22.9 Å². The topological polar surface area (TPSA) is 90.5 Å². The lowest BCUT2D eigenvalue weighted by atomic mass is 10.2. The molecule has 1 N–H and O–H groups in total. The van der Waals surface area contributed by atoms with Gasteiger partial charge in [0.25, 0.3) is 0 Å². The lowest BCUT2D eigenvalue weighted by Gasteiger charge is -2.10.